The lowest BCUT2D eigenvalue weighted by Gasteiger charge is -2.29. The number of aromatic nitrogens is 4. The number of alkyl carbamates (subject to hydrolysis) is 2. The van der Waals surface area contributed by atoms with E-state index >= 15 is 0 Å². The number of nitrogens with zero attached hydrogens (tertiary/aromatic N) is 4. The third-order valence-corrected chi connectivity index (χ3v) is 11.6. The molecule has 6 aromatic rings. The summed E-state index contributed by atoms with van der Waals surface area (Å²) >= 11 is 0. The molecule has 4 N–H and O–H groups in total. The number of likely N-dealkylation sites (tertiary alicyclic amines) is 2. The number of benzene rings is 4. The smallest absolute Gasteiger partial charge is 0.407 e. The highest BCUT2D eigenvalue weighted by atomic mass is 16.5. The number of methoxy groups -OCH3 is 2. The number of hydrogen-bond donors (Lipinski definition) is 4. The lowest BCUT2D eigenvalue weighted by Crippen LogP contribution is -2.51. The molecule has 0 saturated carbocycles. The van der Waals surface area contributed by atoms with Crippen LogP contribution in [0.2, 0.25) is 0 Å². The van der Waals surface area contributed by atoms with E-state index in [-0.39, 0.29) is 29.8 Å². The molecule has 4 atom stereocenters. The molecule has 4 unspecified atom stereocenters. The molecular weight excluding hydrogens is 773 g/mol. The summed E-state index contributed by atoms with van der Waals surface area (Å²) in [7, 11) is 2.57. The monoisotopic (exact) mass is 820 g/mol. The highest BCUT2D eigenvalue weighted by molar-refractivity contribution is 6.04. The van der Waals surface area contributed by atoms with Gasteiger partial charge in [0.25, 0.3) is 5.91 Å². The second-order valence-electron chi connectivity index (χ2n) is 15.7. The number of amides is 4. The number of imidazole rings is 2. The summed E-state index contributed by atoms with van der Waals surface area (Å²) in [5, 5.41) is 7.40. The molecule has 4 aromatic carbocycles. The van der Waals surface area contributed by atoms with Gasteiger partial charge in [0.05, 0.1) is 49.2 Å². The number of carbonyl (C=O) groups excluding carboxylic acids is 4. The van der Waals surface area contributed by atoms with E-state index in [0.717, 1.165) is 75.7 Å². The van der Waals surface area contributed by atoms with Gasteiger partial charge in [0, 0.05) is 29.6 Å². The van der Waals surface area contributed by atoms with Gasteiger partial charge in [0.1, 0.15) is 23.7 Å². The van der Waals surface area contributed by atoms with Gasteiger partial charge in [0.2, 0.25) is 5.91 Å². The molecule has 2 saturated heterocycles. The minimum Gasteiger partial charge on any atom is -0.453 e. The number of ether oxygens (including phenoxy) is 2. The number of fused-ring (bicyclic) bond motifs is 3. The molecule has 312 valence electrons. The molecule has 2 aliphatic rings. The van der Waals surface area contributed by atoms with Crippen LogP contribution in [0.5, 0.6) is 0 Å². The van der Waals surface area contributed by atoms with Crippen LogP contribution in [0, 0.1) is 17.8 Å². The summed E-state index contributed by atoms with van der Waals surface area (Å²) in [6.07, 6.45) is 3.64. The van der Waals surface area contributed by atoms with Crippen LogP contribution in [0.4, 0.5) is 9.59 Å². The summed E-state index contributed by atoms with van der Waals surface area (Å²) in [4.78, 5) is 72.0. The van der Waals surface area contributed by atoms with Crippen molar-refractivity contribution >= 4 is 45.8 Å². The van der Waals surface area contributed by atoms with Gasteiger partial charge in [-0.1, -0.05) is 80.3 Å². The van der Waals surface area contributed by atoms with Gasteiger partial charge in [-0.15, -0.1) is 0 Å². The quantitative estimate of drug-likeness (QED) is 0.110. The van der Waals surface area contributed by atoms with Crippen molar-refractivity contribution in [1.29, 1.82) is 0 Å². The number of H-pyrrole nitrogens is 2. The first-order chi connectivity index (χ1) is 29.6. The molecule has 14 nitrogen and oxygen atoms in total. The van der Waals surface area contributed by atoms with Crippen LogP contribution in [0.15, 0.2) is 91.1 Å². The molecule has 2 aromatic heterocycles. The Hall–Kier alpha value is -7.14. The van der Waals surface area contributed by atoms with Gasteiger partial charge in [0.15, 0.2) is 0 Å². The summed E-state index contributed by atoms with van der Waals surface area (Å²) in [5.41, 5.74) is 5.87. The molecule has 0 bridgehead atoms. The number of hydrogen-bond acceptors (Lipinski definition) is 8. The Morgan fingerprint density at radius 2 is 1.41 bits per heavy atom. The van der Waals surface area contributed by atoms with Crippen molar-refractivity contribution in [3.8, 4) is 23.1 Å². The van der Waals surface area contributed by atoms with E-state index in [0.29, 0.717) is 24.5 Å². The van der Waals surface area contributed by atoms with Crippen molar-refractivity contribution < 1.29 is 28.7 Å². The Kier molecular flexibility index (Phi) is 11.7. The Labute approximate surface area is 353 Å². The van der Waals surface area contributed by atoms with E-state index in [1.807, 2.05) is 97.6 Å². The average Bonchev–Trinajstić information content (AvgIpc) is 4.13. The van der Waals surface area contributed by atoms with Crippen LogP contribution in [-0.2, 0) is 19.1 Å². The van der Waals surface area contributed by atoms with E-state index in [9.17, 15) is 19.2 Å². The maximum Gasteiger partial charge on any atom is 0.407 e. The minimum atomic E-state index is -0.885. The molecule has 4 heterocycles. The van der Waals surface area contributed by atoms with Crippen LogP contribution >= 0.6 is 0 Å². The number of carbonyl (C=O) groups is 4. The van der Waals surface area contributed by atoms with Crippen LogP contribution in [0.1, 0.15) is 86.0 Å². The van der Waals surface area contributed by atoms with Crippen LogP contribution < -0.4 is 10.6 Å². The largest absolute Gasteiger partial charge is 0.453 e. The molecular formula is C47H48N8O6. The molecule has 2 aliphatic heterocycles. The standard InChI is InChI=1S/C47H48N8O6/c1-28(2)39(52-46(58)60-3)44(56)55-25-9-13-38(55)43-49-35-23-21-33-26-30(18-22-34(33)41(35)51-43)15-14-29-16-19-31(20-17-29)36-27-48-42(50-36)37-12-8-24-54(37)45(57)40(53-47(59)61-4)32-10-6-5-7-11-32/h5-7,10-11,16-23,26-28,37-40H,8-9,12-13,24-25H2,1-4H3,(H,48,50)(H,49,51)(H,52,58)(H,53,59). The molecule has 0 aliphatic carbocycles. The molecule has 2 fully saturated rings. The fraction of sp³-hybridized carbons (Fsp3) is 0.319. The lowest BCUT2D eigenvalue weighted by atomic mass is 10.0. The molecule has 8 rings (SSSR count). The summed E-state index contributed by atoms with van der Waals surface area (Å²) < 4.78 is 9.60. The van der Waals surface area contributed by atoms with Crippen molar-refractivity contribution in [2.45, 2.75) is 63.7 Å². The van der Waals surface area contributed by atoms with E-state index < -0.39 is 24.3 Å². The number of nitrogens with one attached hydrogen (secondary N) is 4. The van der Waals surface area contributed by atoms with Crippen molar-refractivity contribution in [3.05, 3.63) is 119 Å². The van der Waals surface area contributed by atoms with Crippen LogP contribution in [0.3, 0.4) is 0 Å². The highest BCUT2D eigenvalue weighted by Gasteiger charge is 2.39. The lowest BCUT2D eigenvalue weighted by molar-refractivity contribution is -0.135. The van der Waals surface area contributed by atoms with Gasteiger partial charge >= 0.3 is 12.2 Å². The Balaban J connectivity index is 0.951. The van der Waals surface area contributed by atoms with Gasteiger partial charge in [-0.3, -0.25) is 9.59 Å². The van der Waals surface area contributed by atoms with E-state index in [4.69, 9.17) is 14.5 Å². The van der Waals surface area contributed by atoms with Gasteiger partial charge in [-0.25, -0.2) is 19.6 Å². The fourth-order valence-electron chi connectivity index (χ4n) is 8.37. The Bertz CT molecular complexity index is 2640. The van der Waals surface area contributed by atoms with E-state index in [1.54, 1.807) is 11.1 Å². The number of rotatable bonds is 9. The first kappa shape index (κ1) is 40.6. The topological polar surface area (TPSA) is 175 Å². The van der Waals surface area contributed by atoms with Gasteiger partial charge < -0.3 is 39.9 Å². The summed E-state index contributed by atoms with van der Waals surface area (Å²) in [6.45, 7) is 4.94. The zero-order chi connectivity index (χ0) is 42.6. The van der Waals surface area contributed by atoms with Crippen LogP contribution in [0.25, 0.3) is 33.1 Å². The minimum absolute atomic E-state index is 0.116. The summed E-state index contributed by atoms with van der Waals surface area (Å²) in [6, 6.07) is 25.1. The SMILES string of the molecule is COC(=O)NC(C(=O)N1CCCC1c1ncc(-c2ccc(C#Cc3ccc4c(ccc5[nH]c(C6CCCN6C(=O)C(NC(=O)OC)C(C)C)nc54)c3)cc2)[nH]1)c1ccccc1. The molecule has 4 amide bonds. The van der Waals surface area contributed by atoms with Crippen molar-refractivity contribution in [2.75, 3.05) is 27.3 Å². The first-order valence-corrected chi connectivity index (χ1v) is 20.6. The van der Waals surface area contributed by atoms with Crippen molar-refractivity contribution in [3.63, 3.8) is 0 Å². The Morgan fingerprint density at radius 1 is 0.754 bits per heavy atom. The maximum atomic E-state index is 13.9. The normalized spacial score (nSPS) is 17.2. The van der Waals surface area contributed by atoms with Gasteiger partial charge in [-0.2, -0.15) is 0 Å². The maximum absolute atomic E-state index is 13.9. The molecule has 61 heavy (non-hydrogen) atoms. The predicted octanol–water partition coefficient (Wildman–Crippen LogP) is 7.31. The zero-order valence-corrected chi connectivity index (χ0v) is 34.5. The second-order valence-corrected chi connectivity index (χ2v) is 15.7. The predicted molar refractivity (Wildman–Crippen MR) is 230 cm³/mol. The molecule has 14 heteroatoms. The van der Waals surface area contributed by atoms with E-state index in [1.165, 1.54) is 14.2 Å². The molecule has 0 spiro atoms. The third kappa shape index (κ3) is 8.50. The third-order valence-electron chi connectivity index (χ3n) is 11.6. The van der Waals surface area contributed by atoms with Crippen molar-refractivity contribution in [2.24, 2.45) is 5.92 Å². The average molecular weight is 821 g/mol. The summed E-state index contributed by atoms with van der Waals surface area (Å²) in [5.74, 6) is 7.53. The van der Waals surface area contributed by atoms with Crippen LogP contribution in [-0.4, -0.2) is 87.1 Å². The van der Waals surface area contributed by atoms with E-state index in [2.05, 4.69) is 43.5 Å². The van der Waals surface area contributed by atoms with Crippen molar-refractivity contribution in [1.82, 2.24) is 40.4 Å². The zero-order valence-electron chi connectivity index (χ0n) is 34.5. The van der Waals surface area contributed by atoms with Gasteiger partial charge in [-0.05, 0) is 78.4 Å². The Morgan fingerprint density at radius 3 is 2.11 bits per heavy atom. The first-order valence-electron chi connectivity index (χ1n) is 20.6. The molecule has 0 radical (unpaired) electrons. The fourth-order valence-corrected chi connectivity index (χ4v) is 8.37. The highest BCUT2D eigenvalue weighted by Crippen LogP contribution is 2.36. The second kappa shape index (κ2) is 17.6. The number of aromatic amines is 2.